The zero-order valence-corrected chi connectivity index (χ0v) is 16.9. The van der Waals surface area contributed by atoms with E-state index < -0.39 is 11.8 Å². The molecule has 1 aliphatic rings. The third kappa shape index (κ3) is 4.70. The zero-order chi connectivity index (χ0) is 20.8. The number of hydrogen-bond donors (Lipinski definition) is 2. The van der Waals surface area contributed by atoms with Crippen LogP contribution in [0.3, 0.4) is 0 Å². The first-order chi connectivity index (χ1) is 14.7. The Bertz CT molecular complexity index is 937. The molecule has 0 aliphatic carbocycles. The van der Waals surface area contributed by atoms with Gasteiger partial charge in [-0.25, -0.2) is 5.48 Å². The Morgan fingerprint density at radius 2 is 1.37 bits per heavy atom. The fourth-order valence-corrected chi connectivity index (χ4v) is 4.09. The largest absolute Gasteiger partial charge is 0.369 e. The molecule has 0 saturated carbocycles. The number of rotatable bonds is 6. The SMILES string of the molecule is O=C(NO)C(c1ccccc1)c1ccc(N2CCN(Cc3ccccc3)CC2)cc1. The average molecular weight is 402 g/mol. The molecule has 1 aliphatic heterocycles. The highest BCUT2D eigenvalue weighted by molar-refractivity contribution is 5.86. The number of carbonyl (C=O) groups excluding carboxylic acids is 1. The van der Waals surface area contributed by atoms with Crippen LogP contribution in [0.4, 0.5) is 5.69 Å². The fourth-order valence-electron chi connectivity index (χ4n) is 4.09. The number of amides is 1. The Labute approximate surface area is 177 Å². The van der Waals surface area contributed by atoms with Gasteiger partial charge >= 0.3 is 0 Å². The first-order valence-corrected chi connectivity index (χ1v) is 10.3. The van der Waals surface area contributed by atoms with Gasteiger partial charge in [0.05, 0.1) is 5.92 Å². The second-order valence-corrected chi connectivity index (χ2v) is 7.66. The van der Waals surface area contributed by atoms with Crippen LogP contribution in [0.5, 0.6) is 0 Å². The van der Waals surface area contributed by atoms with Crippen LogP contribution in [0, 0.1) is 0 Å². The van der Waals surface area contributed by atoms with Gasteiger partial charge in [-0.3, -0.25) is 14.9 Å². The summed E-state index contributed by atoms with van der Waals surface area (Å²) in [4.78, 5) is 17.2. The molecule has 4 rings (SSSR count). The van der Waals surface area contributed by atoms with Gasteiger partial charge in [-0.05, 0) is 28.8 Å². The molecule has 3 aromatic carbocycles. The van der Waals surface area contributed by atoms with E-state index >= 15 is 0 Å². The molecular formula is C25H27N3O2. The van der Waals surface area contributed by atoms with Crippen molar-refractivity contribution in [2.45, 2.75) is 12.5 Å². The molecule has 1 fully saturated rings. The number of hydroxylamine groups is 1. The van der Waals surface area contributed by atoms with Gasteiger partial charge in [-0.2, -0.15) is 0 Å². The van der Waals surface area contributed by atoms with Crippen LogP contribution < -0.4 is 10.4 Å². The Kier molecular flexibility index (Phi) is 6.42. The lowest BCUT2D eigenvalue weighted by molar-refractivity contribution is -0.129. The number of nitrogens with one attached hydrogen (secondary N) is 1. The third-order valence-corrected chi connectivity index (χ3v) is 5.72. The van der Waals surface area contributed by atoms with Crippen LogP contribution in [-0.4, -0.2) is 42.2 Å². The van der Waals surface area contributed by atoms with Crippen LogP contribution in [0.1, 0.15) is 22.6 Å². The molecule has 1 unspecified atom stereocenters. The van der Waals surface area contributed by atoms with Crippen LogP contribution >= 0.6 is 0 Å². The van der Waals surface area contributed by atoms with Gasteiger partial charge in [-0.15, -0.1) is 0 Å². The molecule has 1 saturated heterocycles. The summed E-state index contributed by atoms with van der Waals surface area (Å²) >= 11 is 0. The van der Waals surface area contributed by atoms with Gasteiger partial charge in [0.25, 0.3) is 5.91 Å². The minimum absolute atomic E-state index is 0.427. The Balaban J connectivity index is 1.41. The van der Waals surface area contributed by atoms with E-state index in [0.29, 0.717) is 0 Å². The van der Waals surface area contributed by atoms with E-state index in [1.807, 2.05) is 47.9 Å². The van der Waals surface area contributed by atoms with Gasteiger partial charge in [0.15, 0.2) is 0 Å². The Hall–Kier alpha value is -3.15. The molecule has 0 radical (unpaired) electrons. The number of benzene rings is 3. The maximum atomic E-state index is 12.3. The minimum atomic E-state index is -0.534. The van der Waals surface area contributed by atoms with Crippen molar-refractivity contribution in [2.24, 2.45) is 0 Å². The van der Waals surface area contributed by atoms with Crippen molar-refractivity contribution >= 4 is 11.6 Å². The molecule has 5 nitrogen and oxygen atoms in total. The molecule has 1 atom stereocenters. The Morgan fingerprint density at radius 3 is 1.97 bits per heavy atom. The van der Waals surface area contributed by atoms with Gasteiger partial charge < -0.3 is 4.90 Å². The lowest BCUT2D eigenvalue weighted by Crippen LogP contribution is -2.45. The average Bonchev–Trinajstić information content (AvgIpc) is 2.81. The second-order valence-electron chi connectivity index (χ2n) is 7.66. The number of piperazine rings is 1. The number of anilines is 1. The number of carbonyl (C=O) groups is 1. The van der Waals surface area contributed by atoms with Gasteiger partial charge in [0.1, 0.15) is 0 Å². The zero-order valence-electron chi connectivity index (χ0n) is 16.9. The van der Waals surface area contributed by atoms with Crippen LogP contribution in [0.2, 0.25) is 0 Å². The van der Waals surface area contributed by atoms with E-state index in [-0.39, 0.29) is 0 Å². The lowest BCUT2D eigenvalue weighted by atomic mass is 9.90. The predicted molar refractivity (Wildman–Crippen MR) is 119 cm³/mol. The number of hydrogen-bond acceptors (Lipinski definition) is 4. The van der Waals surface area contributed by atoms with Crippen molar-refractivity contribution in [3.8, 4) is 0 Å². The maximum absolute atomic E-state index is 12.3. The van der Waals surface area contributed by atoms with E-state index in [1.165, 1.54) is 5.56 Å². The highest BCUT2D eigenvalue weighted by Gasteiger charge is 2.23. The summed E-state index contributed by atoms with van der Waals surface area (Å²) in [6.07, 6.45) is 0. The van der Waals surface area contributed by atoms with Crippen molar-refractivity contribution in [2.75, 3.05) is 31.1 Å². The van der Waals surface area contributed by atoms with Crippen LogP contribution in [0.15, 0.2) is 84.9 Å². The summed E-state index contributed by atoms with van der Waals surface area (Å²) in [7, 11) is 0. The van der Waals surface area contributed by atoms with E-state index in [9.17, 15) is 10.0 Å². The summed E-state index contributed by atoms with van der Waals surface area (Å²) in [5.74, 6) is -0.962. The summed E-state index contributed by atoms with van der Waals surface area (Å²) in [5.41, 5.74) is 6.04. The summed E-state index contributed by atoms with van der Waals surface area (Å²) in [6, 6.07) is 28.2. The topological polar surface area (TPSA) is 55.8 Å². The smallest absolute Gasteiger partial charge is 0.255 e. The normalized spacial score (nSPS) is 15.6. The highest BCUT2D eigenvalue weighted by atomic mass is 16.5. The fraction of sp³-hybridized carbons (Fsp3) is 0.240. The maximum Gasteiger partial charge on any atom is 0.255 e. The van der Waals surface area contributed by atoms with Crippen molar-refractivity contribution < 1.29 is 10.0 Å². The summed E-state index contributed by atoms with van der Waals surface area (Å²) in [6.45, 7) is 4.99. The van der Waals surface area contributed by atoms with Crippen molar-refractivity contribution in [3.05, 3.63) is 102 Å². The molecule has 1 amide bonds. The second kappa shape index (κ2) is 9.57. The molecular weight excluding hydrogens is 374 g/mol. The minimum Gasteiger partial charge on any atom is -0.369 e. The van der Waals surface area contributed by atoms with Gasteiger partial charge in [-0.1, -0.05) is 72.8 Å². The Morgan fingerprint density at radius 1 is 0.800 bits per heavy atom. The summed E-state index contributed by atoms with van der Waals surface area (Å²) in [5, 5.41) is 9.20. The first-order valence-electron chi connectivity index (χ1n) is 10.3. The standard InChI is InChI=1S/C25H27N3O2/c29-25(26-30)24(21-9-5-2-6-10-21)22-11-13-23(14-12-22)28-17-15-27(16-18-28)19-20-7-3-1-4-8-20/h1-14,24,30H,15-19H2,(H,26,29). The van der Waals surface area contributed by atoms with Crippen molar-refractivity contribution in [3.63, 3.8) is 0 Å². The molecule has 1 heterocycles. The third-order valence-electron chi connectivity index (χ3n) is 5.72. The van der Waals surface area contributed by atoms with Gasteiger partial charge in [0, 0.05) is 38.4 Å². The monoisotopic (exact) mass is 401 g/mol. The van der Waals surface area contributed by atoms with E-state index in [0.717, 1.165) is 49.5 Å². The molecule has 0 spiro atoms. The van der Waals surface area contributed by atoms with Gasteiger partial charge in [0.2, 0.25) is 0 Å². The molecule has 3 aromatic rings. The predicted octanol–water partition coefficient (Wildman–Crippen LogP) is 3.65. The van der Waals surface area contributed by atoms with Crippen LogP contribution in [-0.2, 0) is 11.3 Å². The molecule has 154 valence electrons. The number of nitrogens with zero attached hydrogens (tertiary/aromatic N) is 2. The lowest BCUT2D eigenvalue weighted by Gasteiger charge is -2.36. The van der Waals surface area contributed by atoms with E-state index in [2.05, 4.69) is 52.3 Å². The van der Waals surface area contributed by atoms with E-state index in [1.54, 1.807) is 0 Å². The molecule has 2 N–H and O–H groups in total. The highest BCUT2D eigenvalue weighted by Crippen LogP contribution is 2.27. The van der Waals surface area contributed by atoms with Crippen LogP contribution in [0.25, 0.3) is 0 Å². The van der Waals surface area contributed by atoms with E-state index in [4.69, 9.17) is 0 Å². The van der Waals surface area contributed by atoms with Crippen molar-refractivity contribution in [1.82, 2.24) is 10.4 Å². The molecule has 30 heavy (non-hydrogen) atoms. The molecule has 0 bridgehead atoms. The summed E-state index contributed by atoms with van der Waals surface area (Å²) < 4.78 is 0. The quantitative estimate of drug-likeness (QED) is 0.489. The first kappa shape index (κ1) is 20.1. The molecule has 5 heteroatoms. The van der Waals surface area contributed by atoms with Crippen molar-refractivity contribution in [1.29, 1.82) is 0 Å². The molecule has 0 aromatic heterocycles.